The lowest BCUT2D eigenvalue weighted by atomic mass is 9.65. The van der Waals surface area contributed by atoms with Crippen molar-refractivity contribution < 1.29 is 9.53 Å². The zero-order valence-corrected chi connectivity index (χ0v) is 22.3. The fourth-order valence-electron chi connectivity index (χ4n) is 7.51. The van der Waals surface area contributed by atoms with Gasteiger partial charge in [0.05, 0.1) is 0 Å². The van der Waals surface area contributed by atoms with E-state index in [9.17, 15) is 4.79 Å². The molecule has 0 heterocycles. The Morgan fingerprint density at radius 1 is 0.576 bits per heavy atom. The van der Waals surface area contributed by atoms with Crippen LogP contribution < -0.4 is 0 Å². The van der Waals surface area contributed by atoms with Crippen LogP contribution in [-0.2, 0) is 9.53 Å². The van der Waals surface area contributed by atoms with E-state index in [0.29, 0.717) is 6.42 Å². The second kappa shape index (κ2) is 15.5. The molecule has 0 unspecified atom stereocenters. The van der Waals surface area contributed by atoms with Gasteiger partial charge in [-0.15, -0.1) is 0 Å². The molecule has 0 radical (unpaired) electrons. The molecule has 192 valence electrons. The van der Waals surface area contributed by atoms with Crippen LogP contribution in [0.1, 0.15) is 155 Å². The molecule has 2 nitrogen and oxygen atoms in total. The molecular formula is C31H56O2. The maximum Gasteiger partial charge on any atom is 0.306 e. The second-order valence-electron chi connectivity index (χ2n) is 12.1. The first-order chi connectivity index (χ1) is 16.2. The Balaban J connectivity index is 1.25. The predicted octanol–water partition coefficient (Wildman–Crippen LogP) is 9.64. The number of unbranched alkanes of at least 4 members (excludes halogenated alkanes) is 6. The molecule has 2 heteroatoms. The van der Waals surface area contributed by atoms with Crippen molar-refractivity contribution in [2.24, 2.45) is 29.6 Å². The van der Waals surface area contributed by atoms with Crippen LogP contribution in [0.5, 0.6) is 0 Å². The predicted molar refractivity (Wildman–Crippen MR) is 140 cm³/mol. The summed E-state index contributed by atoms with van der Waals surface area (Å²) in [6.07, 6.45) is 29.5. The molecular weight excluding hydrogens is 404 g/mol. The Bertz CT molecular complexity index is 505. The highest BCUT2D eigenvalue weighted by Gasteiger charge is 2.35. The van der Waals surface area contributed by atoms with Crippen LogP contribution in [0.3, 0.4) is 0 Å². The van der Waals surface area contributed by atoms with Crippen LogP contribution in [0, 0.1) is 29.6 Å². The summed E-state index contributed by atoms with van der Waals surface area (Å²) in [4.78, 5) is 12.2. The Kier molecular flexibility index (Phi) is 12.7. The molecule has 0 aromatic heterocycles. The van der Waals surface area contributed by atoms with E-state index in [1.54, 1.807) is 0 Å². The Morgan fingerprint density at radius 2 is 1.03 bits per heavy atom. The summed E-state index contributed by atoms with van der Waals surface area (Å²) in [6, 6.07) is 0. The summed E-state index contributed by atoms with van der Waals surface area (Å²) in [5.41, 5.74) is 0. The van der Waals surface area contributed by atoms with Crippen LogP contribution in [0.15, 0.2) is 0 Å². The third kappa shape index (κ3) is 9.56. The van der Waals surface area contributed by atoms with Crippen molar-refractivity contribution in [2.75, 3.05) is 0 Å². The molecule has 0 aromatic carbocycles. The van der Waals surface area contributed by atoms with E-state index < -0.39 is 0 Å². The molecule has 0 saturated heterocycles. The zero-order valence-electron chi connectivity index (χ0n) is 22.3. The Labute approximate surface area is 206 Å². The summed E-state index contributed by atoms with van der Waals surface area (Å²) < 4.78 is 5.83. The van der Waals surface area contributed by atoms with Crippen molar-refractivity contribution in [3.8, 4) is 0 Å². The molecule has 3 rings (SSSR count). The maximum atomic E-state index is 12.2. The van der Waals surface area contributed by atoms with Gasteiger partial charge in [0.15, 0.2) is 0 Å². The quantitative estimate of drug-likeness (QED) is 0.202. The molecule has 0 amide bonds. The lowest BCUT2D eigenvalue weighted by Gasteiger charge is -2.41. The van der Waals surface area contributed by atoms with E-state index in [1.807, 2.05) is 0 Å². The van der Waals surface area contributed by atoms with Gasteiger partial charge in [-0.1, -0.05) is 78.1 Å². The van der Waals surface area contributed by atoms with Crippen molar-refractivity contribution in [1.29, 1.82) is 0 Å². The molecule has 0 bridgehead atoms. The molecule has 0 spiro atoms. The maximum absolute atomic E-state index is 12.2. The van der Waals surface area contributed by atoms with Crippen molar-refractivity contribution in [3.05, 3.63) is 0 Å². The molecule has 33 heavy (non-hydrogen) atoms. The van der Waals surface area contributed by atoms with Crippen LogP contribution in [0.4, 0.5) is 0 Å². The standard InChI is InChI=1S/C31H56O2/c1-3-5-7-8-10-12-31(32)33-30-23-21-29(22-24-30)28-19-17-27(18-20-28)26-15-13-25(14-16-26)11-9-6-4-2/h25-30H,3-24H2,1-2H3. The molecule has 0 aromatic rings. The lowest BCUT2D eigenvalue weighted by molar-refractivity contribution is -0.151. The summed E-state index contributed by atoms with van der Waals surface area (Å²) >= 11 is 0. The van der Waals surface area contributed by atoms with E-state index in [2.05, 4.69) is 13.8 Å². The zero-order chi connectivity index (χ0) is 23.3. The van der Waals surface area contributed by atoms with Crippen molar-refractivity contribution in [3.63, 3.8) is 0 Å². The minimum atomic E-state index is 0.0653. The molecule has 3 fully saturated rings. The molecule has 0 atom stereocenters. The van der Waals surface area contributed by atoms with Gasteiger partial charge >= 0.3 is 5.97 Å². The summed E-state index contributed by atoms with van der Waals surface area (Å²) in [6.45, 7) is 4.56. The number of ether oxygens (including phenoxy) is 1. The van der Waals surface area contributed by atoms with E-state index in [0.717, 1.165) is 48.9 Å². The van der Waals surface area contributed by atoms with Crippen molar-refractivity contribution in [2.45, 2.75) is 161 Å². The van der Waals surface area contributed by atoms with Gasteiger partial charge in [-0.25, -0.2) is 0 Å². The van der Waals surface area contributed by atoms with Crippen molar-refractivity contribution >= 4 is 5.97 Å². The molecule has 3 aliphatic carbocycles. The van der Waals surface area contributed by atoms with Gasteiger partial charge in [0.2, 0.25) is 0 Å². The molecule has 3 saturated carbocycles. The van der Waals surface area contributed by atoms with Gasteiger partial charge < -0.3 is 4.74 Å². The fraction of sp³-hybridized carbons (Fsp3) is 0.968. The lowest BCUT2D eigenvalue weighted by Crippen LogP contribution is -2.31. The molecule has 0 N–H and O–H groups in total. The summed E-state index contributed by atoms with van der Waals surface area (Å²) in [5, 5.41) is 0. The number of carbonyl (C=O) groups is 1. The topological polar surface area (TPSA) is 26.3 Å². The van der Waals surface area contributed by atoms with Gasteiger partial charge in [-0.2, -0.15) is 0 Å². The van der Waals surface area contributed by atoms with E-state index in [1.165, 1.54) is 116 Å². The van der Waals surface area contributed by atoms with Crippen molar-refractivity contribution in [1.82, 2.24) is 0 Å². The third-order valence-corrected chi connectivity index (χ3v) is 9.76. The fourth-order valence-corrected chi connectivity index (χ4v) is 7.51. The SMILES string of the molecule is CCCCCCCC(=O)OC1CCC(C2CCC(C3CCC(CCCCC)CC3)CC2)CC1. The minimum absolute atomic E-state index is 0.0653. The molecule has 3 aliphatic rings. The van der Waals surface area contributed by atoms with E-state index in [4.69, 9.17) is 4.74 Å². The van der Waals surface area contributed by atoms with Gasteiger partial charge in [0.1, 0.15) is 6.10 Å². The van der Waals surface area contributed by atoms with E-state index in [-0.39, 0.29) is 12.1 Å². The van der Waals surface area contributed by atoms with Gasteiger partial charge in [0.25, 0.3) is 0 Å². The highest BCUT2D eigenvalue weighted by atomic mass is 16.5. The molecule has 0 aliphatic heterocycles. The first-order valence-electron chi connectivity index (χ1n) is 15.4. The van der Waals surface area contributed by atoms with Gasteiger partial charge in [0, 0.05) is 6.42 Å². The Hall–Kier alpha value is -0.530. The van der Waals surface area contributed by atoms with Crippen LogP contribution >= 0.6 is 0 Å². The van der Waals surface area contributed by atoms with Crippen LogP contribution in [0.2, 0.25) is 0 Å². The average molecular weight is 461 g/mol. The number of hydrogen-bond donors (Lipinski definition) is 0. The monoisotopic (exact) mass is 460 g/mol. The number of rotatable bonds is 13. The summed E-state index contributed by atoms with van der Waals surface area (Å²) in [5.74, 6) is 5.06. The number of esters is 1. The number of carbonyl (C=O) groups excluding carboxylic acids is 1. The van der Waals surface area contributed by atoms with Gasteiger partial charge in [-0.3, -0.25) is 4.79 Å². The summed E-state index contributed by atoms with van der Waals surface area (Å²) in [7, 11) is 0. The van der Waals surface area contributed by atoms with Crippen LogP contribution in [-0.4, -0.2) is 12.1 Å². The first kappa shape index (κ1) is 27.1. The van der Waals surface area contributed by atoms with Gasteiger partial charge in [-0.05, 0) is 100 Å². The number of hydrogen-bond acceptors (Lipinski definition) is 2. The highest BCUT2D eigenvalue weighted by molar-refractivity contribution is 5.69. The first-order valence-corrected chi connectivity index (χ1v) is 15.4. The highest BCUT2D eigenvalue weighted by Crippen LogP contribution is 2.46. The average Bonchev–Trinajstić information content (AvgIpc) is 2.85. The largest absolute Gasteiger partial charge is 0.462 e. The Morgan fingerprint density at radius 3 is 1.58 bits per heavy atom. The minimum Gasteiger partial charge on any atom is -0.462 e. The third-order valence-electron chi connectivity index (χ3n) is 9.76. The second-order valence-corrected chi connectivity index (χ2v) is 12.1. The van der Waals surface area contributed by atoms with Crippen LogP contribution in [0.25, 0.3) is 0 Å². The normalized spacial score (nSPS) is 33.0. The smallest absolute Gasteiger partial charge is 0.306 e. The van der Waals surface area contributed by atoms with E-state index >= 15 is 0 Å².